The Kier molecular flexibility index (Phi) is 2.54. The van der Waals surface area contributed by atoms with Crippen LogP contribution >= 0.6 is 11.3 Å². The van der Waals surface area contributed by atoms with Gasteiger partial charge in [-0.05, 0) is 0 Å². The minimum absolute atomic E-state index is 0.187. The van der Waals surface area contributed by atoms with Gasteiger partial charge in [0.15, 0.2) is 5.78 Å². The lowest BCUT2D eigenvalue weighted by Gasteiger charge is -1.95. The van der Waals surface area contributed by atoms with E-state index in [0.29, 0.717) is 0 Å². The number of ether oxygens (including phenoxy) is 1. The molecule has 0 aromatic carbocycles. The van der Waals surface area contributed by atoms with Crippen molar-refractivity contribution in [1.82, 2.24) is 4.98 Å². The Labute approximate surface area is 73.2 Å². The molecule has 1 aromatic heterocycles. The monoisotopic (exact) mass is 185 g/mol. The third kappa shape index (κ3) is 1.50. The van der Waals surface area contributed by atoms with Crippen LogP contribution in [-0.2, 0) is 4.74 Å². The second-order valence-electron chi connectivity index (χ2n) is 2.08. The zero-order valence-corrected chi connectivity index (χ0v) is 7.47. The average Bonchev–Trinajstić information content (AvgIpc) is 2.50. The number of rotatable bonds is 2. The molecule has 0 aliphatic carbocycles. The SMILES string of the molecule is COC(=O)c1scnc1C(C)=O. The van der Waals surface area contributed by atoms with E-state index < -0.39 is 5.97 Å². The Balaban J connectivity index is 3.07. The van der Waals surface area contributed by atoms with Crippen molar-refractivity contribution in [2.45, 2.75) is 6.92 Å². The number of ketones is 1. The van der Waals surface area contributed by atoms with E-state index in [-0.39, 0.29) is 16.4 Å². The van der Waals surface area contributed by atoms with Crippen molar-refractivity contribution < 1.29 is 14.3 Å². The molecule has 0 N–H and O–H groups in total. The highest BCUT2D eigenvalue weighted by molar-refractivity contribution is 7.12. The molecule has 0 radical (unpaired) electrons. The fraction of sp³-hybridized carbons (Fsp3) is 0.286. The third-order valence-electron chi connectivity index (χ3n) is 1.27. The molecule has 4 nitrogen and oxygen atoms in total. The van der Waals surface area contributed by atoms with E-state index in [0.717, 1.165) is 11.3 Å². The van der Waals surface area contributed by atoms with Crippen LogP contribution in [0.3, 0.4) is 0 Å². The number of hydrogen-bond donors (Lipinski definition) is 0. The van der Waals surface area contributed by atoms with E-state index in [2.05, 4.69) is 9.72 Å². The quantitative estimate of drug-likeness (QED) is 0.512. The second-order valence-corrected chi connectivity index (χ2v) is 2.93. The van der Waals surface area contributed by atoms with E-state index >= 15 is 0 Å². The van der Waals surface area contributed by atoms with Gasteiger partial charge in [-0.15, -0.1) is 11.3 Å². The molecule has 1 rings (SSSR count). The van der Waals surface area contributed by atoms with E-state index in [4.69, 9.17) is 0 Å². The summed E-state index contributed by atoms with van der Waals surface area (Å²) in [4.78, 5) is 25.9. The molecule has 1 heterocycles. The van der Waals surface area contributed by atoms with Crippen molar-refractivity contribution in [2.24, 2.45) is 0 Å². The molecule has 0 saturated carbocycles. The molecule has 0 aliphatic rings. The third-order valence-corrected chi connectivity index (χ3v) is 2.08. The summed E-state index contributed by atoms with van der Waals surface area (Å²) in [7, 11) is 1.27. The molecule has 0 unspecified atom stereocenters. The van der Waals surface area contributed by atoms with Crippen LogP contribution < -0.4 is 0 Å². The molecule has 12 heavy (non-hydrogen) atoms. The van der Waals surface area contributed by atoms with Crippen LogP contribution in [0.1, 0.15) is 27.1 Å². The molecule has 64 valence electrons. The Morgan fingerprint density at radius 2 is 2.25 bits per heavy atom. The zero-order chi connectivity index (χ0) is 9.14. The molecule has 0 saturated heterocycles. The largest absolute Gasteiger partial charge is 0.465 e. The highest BCUT2D eigenvalue weighted by Gasteiger charge is 2.17. The normalized spacial score (nSPS) is 9.50. The number of carbonyl (C=O) groups is 2. The Morgan fingerprint density at radius 1 is 1.58 bits per heavy atom. The van der Waals surface area contributed by atoms with Crippen LogP contribution in [0.4, 0.5) is 0 Å². The fourth-order valence-corrected chi connectivity index (χ4v) is 1.49. The van der Waals surface area contributed by atoms with Gasteiger partial charge >= 0.3 is 5.97 Å². The Hall–Kier alpha value is -1.23. The summed E-state index contributed by atoms with van der Waals surface area (Å²) in [6.07, 6.45) is 0. The highest BCUT2D eigenvalue weighted by Crippen LogP contribution is 2.14. The fourth-order valence-electron chi connectivity index (χ4n) is 0.734. The van der Waals surface area contributed by atoms with Gasteiger partial charge in [-0.25, -0.2) is 9.78 Å². The summed E-state index contributed by atoms with van der Waals surface area (Å²) in [5.41, 5.74) is 1.63. The smallest absolute Gasteiger partial charge is 0.350 e. The van der Waals surface area contributed by atoms with E-state index in [1.165, 1.54) is 19.5 Å². The van der Waals surface area contributed by atoms with Crippen LogP contribution in [0.25, 0.3) is 0 Å². The average molecular weight is 185 g/mol. The highest BCUT2D eigenvalue weighted by atomic mass is 32.1. The van der Waals surface area contributed by atoms with Gasteiger partial charge in [-0.2, -0.15) is 0 Å². The van der Waals surface area contributed by atoms with Crippen molar-refractivity contribution in [3.8, 4) is 0 Å². The minimum atomic E-state index is -0.511. The summed E-state index contributed by atoms with van der Waals surface area (Å²) in [6, 6.07) is 0. The maximum atomic E-state index is 11.0. The maximum Gasteiger partial charge on any atom is 0.350 e. The summed E-state index contributed by atoms with van der Waals surface area (Å²) in [5.74, 6) is -0.737. The first-order chi connectivity index (χ1) is 5.66. The molecule has 0 bridgehead atoms. The lowest BCUT2D eigenvalue weighted by molar-refractivity contribution is 0.0602. The lowest BCUT2D eigenvalue weighted by Crippen LogP contribution is -2.05. The summed E-state index contributed by atoms with van der Waals surface area (Å²) in [5, 5.41) is 0. The second kappa shape index (κ2) is 3.44. The van der Waals surface area contributed by atoms with Gasteiger partial charge < -0.3 is 4.74 Å². The maximum absolute atomic E-state index is 11.0. The number of carbonyl (C=O) groups excluding carboxylic acids is 2. The van der Waals surface area contributed by atoms with Gasteiger partial charge in [0.1, 0.15) is 10.6 Å². The molecule has 0 amide bonds. The molecule has 1 aromatic rings. The molecule has 5 heteroatoms. The number of aromatic nitrogens is 1. The molecule has 0 spiro atoms. The van der Waals surface area contributed by atoms with E-state index in [9.17, 15) is 9.59 Å². The summed E-state index contributed by atoms with van der Waals surface area (Å²) in [6.45, 7) is 1.36. The predicted molar refractivity (Wildman–Crippen MR) is 43.5 cm³/mol. The predicted octanol–water partition coefficient (Wildman–Crippen LogP) is 1.13. The minimum Gasteiger partial charge on any atom is -0.465 e. The van der Waals surface area contributed by atoms with Gasteiger partial charge in [0.05, 0.1) is 12.6 Å². The number of hydrogen-bond acceptors (Lipinski definition) is 5. The first kappa shape index (κ1) is 8.86. The molecular formula is C7H7NO3S. The van der Waals surface area contributed by atoms with Crippen molar-refractivity contribution in [3.63, 3.8) is 0 Å². The zero-order valence-electron chi connectivity index (χ0n) is 6.66. The van der Waals surface area contributed by atoms with E-state index in [1.54, 1.807) is 0 Å². The molecular weight excluding hydrogens is 178 g/mol. The lowest BCUT2D eigenvalue weighted by atomic mass is 10.3. The van der Waals surface area contributed by atoms with Gasteiger partial charge in [-0.3, -0.25) is 4.79 Å². The molecule has 0 fully saturated rings. The van der Waals surface area contributed by atoms with Gasteiger partial charge in [0.25, 0.3) is 0 Å². The molecule has 0 atom stereocenters. The first-order valence-electron chi connectivity index (χ1n) is 3.19. The van der Waals surface area contributed by atoms with Crippen LogP contribution in [-0.4, -0.2) is 23.8 Å². The van der Waals surface area contributed by atoms with Crippen molar-refractivity contribution in [1.29, 1.82) is 0 Å². The first-order valence-corrected chi connectivity index (χ1v) is 4.07. The topological polar surface area (TPSA) is 56.3 Å². The molecule has 0 aliphatic heterocycles. The Bertz CT molecular complexity index is 318. The number of thiazole rings is 1. The van der Waals surface area contributed by atoms with Crippen LogP contribution in [0.2, 0.25) is 0 Å². The number of methoxy groups -OCH3 is 1. The summed E-state index contributed by atoms with van der Waals surface area (Å²) >= 11 is 1.10. The number of Topliss-reactive ketones (excluding diaryl/α,β-unsaturated/α-hetero) is 1. The van der Waals surface area contributed by atoms with Crippen molar-refractivity contribution in [3.05, 3.63) is 16.1 Å². The van der Waals surface area contributed by atoms with Crippen LogP contribution in [0.15, 0.2) is 5.51 Å². The van der Waals surface area contributed by atoms with Gasteiger partial charge in [0.2, 0.25) is 0 Å². The summed E-state index contributed by atoms with van der Waals surface area (Å²) < 4.78 is 4.46. The van der Waals surface area contributed by atoms with E-state index in [1.807, 2.05) is 0 Å². The Morgan fingerprint density at radius 3 is 2.75 bits per heavy atom. The van der Waals surface area contributed by atoms with Crippen molar-refractivity contribution >= 4 is 23.1 Å². The van der Waals surface area contributed by atoms with Gasteiger partial charge in [-0.1, -0.05) is 0 Å². The van der Waals surface area contributed by atoms with Crippen molar-refractivity contribution in [2.75, 3.05) is 7.11 Å². The van der Waals surface area contributed by atoms with Gasteiger partial charge in [0, 0.05) is 6.92 Å². The number of esters is 1. The van der Waals surface area contributed by atoms with Crippen LogP contribution in [0, 0.1) is 0 Å². The number of nitrogens with zero attached hydrogens (tertiary/aromatic N) is 1. The van der Waals surface area contributed by atoms with Crippen LogP contribution in [0.5, 0.6) is 0 Å². The standard InChI is InChI=1S/C7H7NO3S/c1-4(9)5-6(7(10)11-2)12-3-8-5/h3H,1-2H3.